The summed E-state index contributed by atoms with van der Waals surface area (Å²) in [6.45, 7) is 3.78. The van der Waals surface area contributed by atoms with Gasteiger partial charge in [-0.05, 0) is 61.9 Å². The molecule has 0 aliphatic heterocycles. The zero-order chi connectivity index (χ0) is 23.1. The number of carbonyl (C=O) groups is 1. The maximum Gasteiger partial charge on any atom is 0.241 e. The third kappa shape index (κ3) is 6.45. The molecule has 168 valence electrons. The molecule has 0 radical (unpaired) electrons. The van der Waals surface area contributed by atoms with E-state index in [-0.39, 0.29) is 23.3 Å². The first-order valence-electron chi connectivity index (χ1n) is 10.4. The van der Waals surface area contributed by atoms with Crippen LogP contribution in [0.2, 0.25) is 0 Å². The topological polar surface area (TPSA) is 75.3 Å². The van der Waals surface area contributed by atoms with E-state index in [1.165, 1.54) is 0 Å². The Bertz CT molecular complexity index is 1130. The second-order valence-corrected chi connectivity index (χ2v) is 10.3. The van der Waals surface area contributed by atoms with Gasteiger partial charge in [0.1, 0.15) is 6.04 Å². The van der Waals surface area contributed by atoms with Crippen molar-refractivity contribution >= 4 is 27.7 Å². The Labute approximate surface area is 194 Å². The highest BCUT2D eigenvalue weighted by atomic mass is 32.2. The van der Waals surface area contributed by atoms with E-state index >= 15 is 0 Å². The Kier molecular flexibility index (Phi) is 8.12. The van der Waals surface area contributed by atoms with Crippen LogP contribution in [0.15, 0.2) is 88.7 Å². The van der Waals surface area contributed by atoms with Gasteiger partial charge in [0.25, 0.3) is 0 Å². The fourth-order valence-corrected chi connectivity index (χ4v) is 4.90. The number of rotatable bonds is 9. The Balaban J connectivity index is 1.81. The van der Waals surface area contributed by atoms with Crippen molar-refractivity contribution in [3.05, 3.63) is 95.6 Å². The lowest BCUT2D eigenvalue weighted by Crippen LogP contribution is -2.48. The van der Waals surface area contributed by atoms with Gasteiger partial charge in [0.15, 0.2) is 0 Å². The van der Waals surface area contributed by atoms with E-state index in [4.69, 9.17) is 0 Å². The third-order valence-electron chi connectivity index (χ3n) is 5.20. The molecule has 0 spiro atoms. The van der Waals surface area contributed by atoms with Gasteiger partial charge in [0.2, 0.25) is 15.9 Å². The molecule has 0 aromatic heterocycles. The third-order valence-corrected chi connectivity index (χ3v) is 7.43. The first-order chi connectivity index (χ1) is 15.3. The summed E-state index contributed by atoms with van der Waals surface area (Å²) >= 11 is 1.65. The molecule has 0 bridgehead atoms. The fourth-order valence-electron chi connectivity index (χ4n) is 3.30. The molecule has 0 aliphatic carbocycles. The fraction of sp³-hybridized carbons (Fsp3) is 0.240. The van der Waals surface area contributed by atoms with Crippen molar-refractivity contribution < 1.29 is 13.2 Å². The van der Waals surface area contributed by atoms with Gasteiger partial charge in [0.05, 0.1) is 10.9 Å². The van der Waals surface area contributed by atoms with Crippen molar-refractivity contribution in [1.29, 1.82) is 0 Å². The second kappa shape index (κ2) is 10.8. The Morgan fingerprint density at radius 2 is 1.56 bits per heavy atom. The molecule has 3 rings (SSSR count). The first-order valence-corrected chi connectivity index (χ1v) is 13.1. The minimum Gasteiger partial charge on any atom is -0.348 e. The summed E-state index contributed by atoms with van der Waals surface area (Å²) in [6.07, 6.45) is 2.25. The molecule has 0 heterocycles. The number of thioether (sulfide) groups is 1. The largest absolute Gasteiger partial charge is 0.348 e. The predicted molar refractivity (Wildman–Crippen MR) is 130 cm³/mol. The number of sulfonamides is 1. The zero-order valence-electron chi connectivity index (χ0n) is 18.4. The summed E-state index contributed by atoms with van der Waals surface area (Å²) < 4.78 is 28.6. The van der Waals surface area contributed by atoms with Crippen LogP contribution in [-0.2, 0) is 21.2 Å². The first kappa shape index (κ1) is 24.0. The molecular weight excluding hydrogens is 440 g/mol. The molecule has 2 N–H and O–H groups in total. The van der Waals surface area contributed by atoms with Crippen LogP contribution >= 0.6 is 11.8 Å². The van der Waals surface area contributed by atoms with Crippen LogP contribution in [0.1, 0.15) is 29.7 Å². The van der Waals surface area contributed by atoms with Crippen molar-refractivity contribution in [3.8, 4) is 0 Å². The molecule has 0 unspecified atom stereocenters. The Morgan fingerprint density at radius 3 is 2.16 bits per heavy atom. The molecule has 3 aromatic rings. The van der Waals surface area contributed by atoms with Gasteiger partial charge in [-0.2, -0.15) is 4.72 Å². The lowest BCUT2D eigenvalue weighted by Gasteiger charge is -2.22. The highest BCUT2D eigenvalue weighted by Crippen LogP contribution is 2.19. The molecular formula is C25H28N2O3S2. The van der Waals surface area contributed by atoms with Crippen molar-refractivity contribution in [2.45, 2.75) is 42.1 Å². The number of hydrogen-bond donors (Lipinski definition) is 2. The van der Waals surface area contributed by atoms with E-state index in [1.807, 2.05) is 74.7 Å². The summed E-state index contributed by atoms with van der Waals surface area (Å²) in [4.78, 5) is 14.4. The maximum atomic E-state index is 13.2. The maximum absolute atomic E-state index is 13.2. The van der Waals surface area contributed by atoms with Gasteiger partial charge >= 0.3 is 0 Å². The SMILES string of the molecule is CSc1ccc([C@@H](C)NC(=O)[C@@H](Cc2ccccc2)NS(=O)(=O)c2ccc(C)cc2)cc1. The van der Waals surface area contributed by atoms with Crippen LogP contribution in [0, 0.1) is 6.92 Å². The van der Waals surface area contributed by atoms with Crippen molar-refractivity contribution in [1.82, 2.24) is 10.0 Å². The lowest BCUT2D eigenvalue weighted by atomic mass is 10.0. The number of aryl methyl sites for hydroxylation is 1. The zero-order valence-corrected chi connectivity index (χ0v) is 20.0. The van der Waals surface area contributed by atoms with E-state index in [2.05, 4.69) is 10.0 Å². The molecule has 0 saturated carbocycles. The molecule has 7 heteroatoms. The molecule has 0 saturated heterocycles. The molecule has 0 fully saturated rings. The second-order valence-electron chi connectivity index (χ2n) is 7.68. The lowest BCUT2D eigenvalue weighted by molar-refractivity contribution is -0.123. The number of amides is 1. The molecule has 0 aliphatic rings. The standard InChI is InChI=1S/C25H28N2O3S2/c1-18-9-15-23(16-10-18)32(29,30)27-24(17-20-7-5-4-6-8-20)25(28)26-19(2)21-11-13-22(31-3)14-12-21/h4-16,19,24,27H,17H2,1-3H3,(H,26,28)/t19-,24-/m1/s1. The number of carbonyl (C=O) groups excluding carboxylic acids is 1. The van der Waals surface area contributed by atoms with Crippen LogP contribution in [0.25, 0.3) is 0 Å². The minimum atomic E-state index is -3.86. The smallest absolute Gasteiger partial charge is 0.241 e. The minimum absolute atomic E-state index is 0.134. The van der Waals surface area contributed by atoms with E-state index in [0.29, 0.717) is 0 Å². The van der Waals surface area contributed by atoms with Crippen molar-refractivity contribution in [3.63, 3.8) is 0 Å². The van der Waals surface area contributed by atoms with Gasteiger partial charge in [-0.3, -0.25) is 4.79 Å². The average Bonchev–Trinajstić information content (AvgIpc) is 2.79. The monoisotopic (exact) mass is 468 g/mol. The van der Waals surface area contributed by atoms with Crippen molar-refractivity contribution in [2.75, 3.05) is 6.26 Å². The summed E-state index contributed by atoms with van der Waals surface area (Å²) in [5.41, 5.74) is 2.79. The molecule has 2 atom stereocenters. The van der Waals surface area contributed by atoms with Gasteiger partial charge in [-0.1, -0.05) is 60.2 Å². The van der Waals surface area contributed by atoms with Crippen LogP contribution in [0.4, 0.5) is 0 Å². The molecule has 32 heavy (non-hydrogen) atoms. The summed E-state index contributed by atoms with van der Waals surface area (Å²) in [5.74, 6) is -0.369. The van der Waals surface area contributed by atoms with Crippen LogP contribution in [0.3, 0.4) is 0 Å². The predicted octanol–water partition coefficient (Wildman–Crippen LogP) is 4.48. The molecule has 3 aromatic carbocycles. The van der Waals surface area contributed by atoms with Crippen LogP contribution in [0.5, 0.6) is 0 Å². The number of nitrogens with one attached hydrogen (secondary N) is 2. The van der Waals surface area contributed by atoms with E-state index in [1.54, 1.807) is 36.0 Å². The van der Waals surface area contributed by atoms with E-state index in [9.17, 15) is 13.2 Å². The van der Waals surface area contributed by atoms with E-state index in [0.717, 1.165) is 21.6 Å². The average molecular weight is 469 g/mol. The van der Waals surface area contributed by atoms with Crippen LogP contribution in [-0.4, -0.2) is 26.6 Å². The Morgan fingerprint density at radius 1 is 0.938 bits per heavy atom. The Hall–Kier alpha value is -2.61. The summed E-state index contributed by atoms with van der Waals surface area (Å²) in [5, 5.41) is 2.96. The quantitative estimate of drug-likeness (QED) is 0.454. The van der Waals surface area contributed by atoms with E-state index < -0.39 is 16.1 Å². The summed E-state index contributed by atoms with van der Waals surface area (Å²) in [7, 11) is -3.86. The molecule has 1 amide bonds. The number of benzene rings is 3. The van der Waals surface area contributed by atoms with Gasteiger partial charge in [0, 0.05) is 4.90 Å². The highest BCUT2D eigenvalue weighted by molar-refractivity contribution is 7.98. The number of hydrogen-bond acceptors (Lipinski definition) is 4. The van der Waals surface area contributed by atoms with Gasteiger partial charge < -0.3 is 5.32 Å². The molecule has 5 nitrogen and oxygen atoms in total. The van der Waals surface area contributed by atoms with Gasteiger partial charge in [-0.25, -0.2) is 8.42 Å². The highest BCUT2D eigenvalue weighted by Gasteiger charge is 2.27. The van der Waals surface area contributed by atoms with Crippen molar-refractivity contribution in [2.24, 2.45) is 0 Å². The van der Waals surface area contributed by atoms with Gasteiger partial charge in [-0.15, -0.1) is 11.8 Å². The summed E-state index contributed by atoms with van der Waals surface area (Å²) in [6, 6.07) is 22.7. The normalized spacial score (nSPS) is 13.3. The van der Waals surface area contributed by atoms with Crippen LogP contribution < -0.4 is 10.0 Å².